The molecule has 4 rings (SSSR count). The van der Waals surface area contributed by atoms with E-state index in [1.165, 1.54) is 29.7 Å². The second-order valence-corrected chi connectivity index (χ2v) is 8.10. The molecule has 2 heterocycles. The number of aromatic nitrogens is 2. The van der Waals surface area contributed by atoms with Crippen LogP contribution < -0.4 is 10.6 Å². The number of nitrogens with one attached hydrogen (secondary N) is 2. The van der Waals surface area contributed by atoms with Crippen molar-refractivity contribution in [1.29, 1.82) is 0 Å². The lowest BCUT2D eigenvalue weighted by Crippen LogP contribution is -2.34. The molecule has 6 nitrogen and oxygen atoms in total. The number of amides is 2. The molecule has 2 aromatic heterocycles. The average Bonchev–Trinajstić information content (AvgIpc) is 3.18. The fraction of sp³-hybridized carbons (Fsp3) is 0.227. The highest BCUT2D eigenvalue weighted by molar-refractivity contribution is 7.10. The summed E-state index contributed by atoms with van der Waals surface area (Å²) >= 11 is 1.20. The Hall–Kier alpha value is -3.42. The second kappa shape index (κ2) is 8.61. The van der Waals surface area contributed by atoms with Gasteiger partial charge in [0.05, 0.1) is 24.3 Å². The van der Waals surface area contributed by atoms with E-state index in [1.54, 1.807) is 17.5 Å². The van der Waals surface area contributed by atoms with E-state index in [9.17, 15) is 23.1 Å². The maximum atomic E-state index is 13.7. The van der Waals surface area contributed by atoms with E-state index in [0.29, 0.717) is 21.8 Å². The van der Waals surface area contributed by atoms with Gasteiger partial charge in [-0.2, -0.15) is 0 Å². The number of carbonyl (C=O) groups is 1. The minimum Gasteiger partial charge on any atom is -0.394 e. The molecule has 32 heavy (non-hydrogen) atoms. The molecule has 164 valence electrons. The quantitative estimate of drug-likeness (QED) is 0.481. The fourth-order valence-electron chi connectivity index (χ4n) is 3.33. The molecule has 0 bridgehead atoms. The van der Waals surface area contributed by atoms with Crippen molar-refractivity contribution in [2.24, 2.45) is 0 Å². The number of hydrogen-bond donors (Lipinski definition) is 3. The van der Waals surface area contributed by atoms with Gasteiger partial charge in [0.15, 0.2) is 5.01 Å². The molecule has 0 spiro atoms. The number of pyridine rings is 1. The van der Waals surface area contributed by atoms with E-state index in [0.717, 1.165) is 6.07 Å². The van der Waals surface area contributed by atoms with Gasteiger partial charge >= 0.3 is 6.03 Å². The molecule has 3 aromatic rings. The Kier molecular flexibility index (Phi) is 5.86. The molecule has 1 aromatic carbocycles. The molecule has 0 aliphatic heterocycles. The fourth-order valence-corrected chi connectivity index (χ4v) is 3.88. The molecule has 0 saturated heterocycles. The number of aliphatic hydroxyl groups excluding tert-OH is 1. The van der Waals surface area contributed by atoms with Crippen molar-refractivity contribution in [3.8, 4) is 23.5 Å². The number of alkyl halides is 2. The predicted molar refractivity (Wildman–Crippen MR) is 114 cm³/mol. The van der Waals surface area contributed by atoms with Gasteiger partial charge in [-0.15, -0.1) is 17.8 Å². The maximum Gasteiger partial charge on any atom is 0.321 e. The molecule has 0 radical (unpaired) electrons. The number of rotatable bonds is 6. The molecule has 1 fully saturated rings. The minimum absolute atomic E-state index is 0.232. The van der Waals surface area contributed by atoms with Crippen LogP contribution in [0.2, 0.25) is 0 Å². The Morgan fingerprint density at radius 1 is 1.38 bits per heavy atom. The summed E-state index contributed by atoms with van der Waals surface area (Å²) in [7, 11) is 0. The summed E-state index contributed by atoms with van der Waals surface area (Å²) in [6, 6.07) is 5.54. The summed E-state index contributed by atoms with van der Waals surface area (Å²) < 4.78 is 40.9. The second-order valence-electron chi connectivity index (χ2n) is 7.24. The van der Waals surface area contributed by atoms with Gasteiger partial charge in [-0.3, -0.25) is 10.3 Å². The highest BCUT2D eigenvalue weighted by Crippen LogP contribution is 2.57. The zero-order valence-electron chi connectivity index (χ0n) is 16.5. The molecular formula is C22H17F3N4O2S. The van der Waals surface area contributed by atoms with Gasteiger partial charge < -0.3 is 10.4 Å². The van der Waals surface area contributed by atoms with Gasteiger partial charge in [-0.1, -0.05) is 12.1 Å². The van der Waals surface area contributed by atoms with Crippen LogP contribution in [0.15, 0.2) is 41.9 Å². The summed E-state index contributed by atoms with van der Waals surface area (Å²) in [4.78, 5) is 20.5. The highest BCUT2D eigenvalue weighted by atomic mass is 32.1. The first-order valence-electron chi connectivity index (χ1n) is 9.55. The third-order valence-corrected chi connectivity index (χ3v) is 5.80. The first-order valence-corrected chi connectivity index (χ1v) is 10.4. The Balaban J connectivity index is 1.49. The Bertz CT molecular complexity index is 1190. The summed E-state index contributed by atoms with van der Waals surface area (Å²) in [5.74, 6) is -1.80. The lowest BCUT2D eigenvalue weighted by molar-refractivity contribution is 0.112. The zero-order chi connectivity index (χ0) is 22.9. The Morgan fingerprint density at radius 2 is 2.16 bits per heavy atom. The molecule has 2 unspecified atom stereocenters. The molecule has 2 atom stereocenters. The van der Waals surface area contributed by atoms with Crippen LogP contribution in [-0.4, -0.2) is 33.6 Å². The van der Waals surface area contributed by atoms with Crippen LogP contribution in [-0.2, 0) is 0 Å². The summed E-state index contributed by atoms with van der Waals surface area (Å²) in [6.07, 6.45) is 6.37. The number of benzene rings is 1. The molecule has 2 amide bonds. The van der Waals surface area contributed by atoms with Gasteiger partial charge in [0.1, 0.15) is 11.6 Å². The van der Waals surface area contributed by atoms with E-state index in [-0.39, 0.29) is 17.8 Å². The van der Waals surface area contributed by atoms with E-state index in [1.807, 2.05) is 0 Å². The normalized spacial score (nSPS) is 17.3. The molecule has 10 heteroatoms. The smallest absolute Gasteiger partial charge is 0.321 e. The standard InChI is InChI=1S/C22H17F3N4O2S/c1-2-20-28-19(11-32-20)29-21(31)27-18(10-30)17-6-3-12(9-26-17)14-5-4-13(23)7-15(14)16-8-22(16,24)25/h1,3-7,9,11,16,18,30H,8,10H2,(H2,27,29,31). The lowest BCUT2D eigenvalue weighted by Gasteiger charge is -2.17. The van der Waals surface area contributed by atoms with Crippen molar-refractivity contribution >= 4 is 23.2 Å². The van der Waals surface area contributed by atoms with Gasteiger partial charge in [-0.25, -0.2) is 22.9 Å². The number of terminal acetylenes is 1. The van der Waals surface area contributed by atoms with Crippen LogP contribution in [0.1, 0.15) is 34.6 Å². The Labute approximate surface area is 185 Å². The van der Waals surface area contributed by atoms with Crippen molar-refractivity contribution in [1.82, 2.24) is 15.3 Å². The Morgan fingerprint density at radius 3 is 2.75 bits per heavy atom. The van der Waals surface area contributed by atoms with Gasteiger partial charge in [0.25, 0.3) is 5.92 Å². The van der Waals surface area contributed by atoms with Crippen LogP contribution in [0.3, 0.4) is 0 Å². The van der Waals surface area contributed by atoms with Gasteiger partial charge in [0.2, 0.25) is 0 Å². The predicted octanol–water partition coefficient (Wildman–Crippen LogP) is 4.30. The van der Waals surface area contributed by atoms with Crippen molar-refractivity contribution < 1.29 is 23.1 Å². The third-order valence-electron chi connectivity index (χ3n) is 5.03. The molecule has 1 aliphatic carbocycles. The topological polar surface area (TPSA) is 87.1 Å². The SMILES string of the molecule is C#Cc1nc(NC(=O)NC(CO)c2ccc(-c3ccc(F)cc3C3CC3(F)F)cn2)cs1. The van der Waals surface area contributed by atoms with Crippen molar-refractivity contribution in [3.63, 3.8) is 0 Å². The van der Waals surface area contributed by atoms with Crippen LogP contribution in [0.4, 0.5) is 23.8 Å². The van der Waals surface area contributed by atoms with E-state index < -0.39 is 36.3 Å². The van der Waals surface area contributed by atoms with Crippen LogP contribution in [0.5, 0.6) is 0 Å². The van der Waals surface area contributed by atoms with Gasteiger partial charge in [-0.05, 0) is 35.2 Å². The number of hydrogen-bond acceptors (Lipinski definition) is 5. The molecule has 1 saturated carbocycles. The van der Waals surface area contributed by atoms with Gasteiger partial charge in [0, 0.05) is 23.6 Å². The number of anilines is 1. The monoisotopic (exact) mass is 458 g/mol. The zero-order valence-corrected chi connectivity index (χ0v) is 17.3. The number of nitrogens with zero attached hydrogens (tertiary/aromatic N) is 2. The molecule has 1 aliphatic rings. The number of carbonyl (C=O) groups excluding carboxylic acids is 1. The first-order chi connectivity index (χ1) is 15.3. The minimum atomic E-state index is -2.84. The average molecular weight is 458 g/mol. The lowest BCUT2D eigenvalue weighted by atomic mass is 9.97. The highest BCUT2D eigenvalue weighted by Gasteiger charge is 2.58. The largest absolute Gasteiger partial charge is 0.394 e. The van der Waals surface area contributed by atoms with Crippen molar-refractivity contribution in [3.05, 3.63) is 64.0 Å². The first kappa shape index (κ1) is 21.8. The summed E-state index contributed by atoms with van der Waals surface area (Å²) in [6.45, 7) is -0.428. The number of aliphatic hydroxyl groups is 1. The van der Waals surface area contributed by atoms with E-state index in [2.05, 4.69) is 26.5 Å². The molecule has 3 N–H and O–H groups in total. The molecular weight excluding hydrogens is 441 g/mol. The number of thiazole rings is 1. The van der Waals surface area contributed by atoms with E-state index >= 15 is 0 Å². The van der Waals surface area contributed by atoms with Crippen molar-refractivity contribution in [2.75, 3.05) is 11.9 Å². The van der Waals surface area contributed by atoms with Crippen LogP contribution >= 0.6 is 11.3 Å². The van der Waals surface area contributed by atoms with E-state index in [4.69, 9.17) is 6.42 Å². The van der Waals surface area contributed by atoms with Crippen LogP contribution in [0.25, 0.3) is 11.1 Å². The van der Waals surface area contributed by atoms with Crippen LogP contribution in [0, 0.1) is 18.2 Å². The third kappa shape index (κ3) is 4.59. The summed E-state index contributed by atoms with van der Waals surface area (Å²) in [5.41, 5.74) is 1.58. The maximum absolute atomic E-state index is 13.7. The van der Waals surface area contributed by atoms with Crippen molar-refractivity contribution in [2.45, 2.75) is 24.3 Å². The number of halogens is 3. The summed E-state index contributed by atoms with van der Waals surface area (Å²) in [5, 5.41) is 16.8. The number of urea groups is 1.